The second kappa shape index (κ2) is 5.97. The predicted octanol–water partition coefficient (Wildman–Crippen LogP) is 3.59. The first-order chi connectivity index (χ1) is 10.6. The Labute approximate surface area is 129 Å². The molecule has 1 saturated heterocycles. The van der Waals surface area contributed by atoms with Crippen molar-refractivity contribution < 1.29 is 18.7 Å². The number of carbonyl (C=O) groups is 1. The monoisotopic (exact) mass is 300 g/mol. The molecule has 0 bridgehead atoms. The number of benzene rings is 1. The Bertz CT molecular complexity index is 707. The third-order valence-corrected chi connectivity index (χ3v) is 3.88. The summed E-state index contributed by atoms with van der Waals surface area (Å²) in [5.74, 6) is 0.546. The SMILES string of the molecule is CCc1oc2ccccc2c1C=CC(=O)OCC1(C)COC1. The van der Waals surface area contributed by atoms with Crippen LogP contribution < -0.4 is 0 Å². The first-order valence-corrected chi connectivity index (χ1v) is 7.54. The molecule has 2 aromatic rings. The van der Waals surface area contributed by atoms with Crippen molar-refractivity contribution in [3.63, 3.8) is 0 Å². The van der Waals surface area contributed by atoms with Gasteiger partial charge in [-0.15, -0.1) is 0 Å². The summed E-state index contributed by atoms with van der Waals surface area (Å²) >= 11 is 0. The van der Waals surface area contributed by atoms with Crippen LogP contribution in [-0.2, 0) is 20.7 Å². The van der Waals surface area contributed by atoms with Crippen LogP contribution in [-0.4, -0.2) is 25.8 Å². The number of ether oxygens (including phenoxy) is 2. The van der Waals surface area contributed by atoms with Crippen LogP contribution in [0.2, 0.25) is 0 Å². The molecule has 4 nitrogen and oxygen atoms in total. The van der Waals surface area contributed by atoms with Crippen molar-refractivity contribution in [1.29, 1.82) is 0 Å². The number of para-hydroxylation sites is 1. The lowest BCUT2D eigenvalue weighted by molar-refractivity contribution is -0.160. The average molecular weight is 300 g/mol. The highest BCUT2D eigenvalue weighted by molar-refractivity contribution is 5.94. The molecule has 1 aliphatic heterocycles. The summed E-state index contributed by atoms with van der Waals surface area (Å²) in [4.78, 5) is 11.9. The van der Waals surface area contributed by atoms with Gasteiger partial charge in [0.25, 0.3) is 0 Å². The minimum absolute atomic E-state index is 0.0274. The molecule has 0 radical (unpaired) electrons. The van der Waals surface area contributed by atoms with Crippen LogP contribution in [0.15, 0.2) is 34.8 Å². The molecule has 1 fully saturated rings. The molecule has 0 N–H and O–H groups in total. The van der Waals surface area contributed by atoms with Gasteiger partial charge < -0.3 is 13.9 Å². The zero-order valence-electron chi connectivity index (χ0n) is 12.9. The van der Waals surface area contributed by atoms with Crippen LogP contribution in [0.3, 0.4) is 0 Å². The number of aryl methyl sites for hydroxylation is 1. The standard InChI is InChI=1S/C18H20O4/c1-3-15-14(13-6-4-5-7-16(13)22-15)8-9-17(19)21-12-18(2)10-20-11-18/h4-9H,3,10-12H2,1-2H3. The minimum Gasteiger partial charge on any atom is -0.462 e. The Hall–Kier alpha value is -2.07. The number of rotatable bonds is 5. The molecule has 0 saturated carbocycles. The van der Waals surface area contributed by atoms with E-state index in [1.54, 1.807) is 6.08 Å². The molecular weight excluding hydrogens is 280 g/mol. The Morgan fingerprint density at radius 3 is 2.82 bits per heavy atom. The maximum Gasteiger partial charge on any atom is 0.330 e. The first-order valence-electron chi connectivity index (χ1n) is 7.54. The smallest absolute Gasteiger partial charge is 0.330 e. The number of carbonyl (C=O) groups excluding carboxylic acids is 1. The second-order valence-electron chi connectivity index (χ2n) is 6.03. The minimum atomic E-state index is -0.333. The van der Waals surface area contributed by atoms with E-state index in [0.717, 1.165) is 28.7 Å². The summed E-state index contributed by atoms with van der Waals surface area (Å²) in [6.07, 6.45) is 4.03. The summed E-state index contributed by atoms with van der Waals surface area (Å²) in [5.41, 5.74) is 1.76. The van der Waals surface area contributed by atoms with Gasteiger partial charge in [-0.25, -0.2) is 4.79 Å². The van der Waals surface area contributed by atoms with E-state index in [0.29, 0.717) is 19.8 Å². The maximum absolute atomic E-state index is 11.9. The van der Waals surface area contributed by atoms with Crippen LogP contribution in [0.4, 0.5) is 0 Å². The molecule has 3 rings (SSSR count). The van der Waals surface area contributed by atoms with E-state index in [2.05, 4.69) is 0 Å². The second-order valence-corrected chi connectivity index (χ2v) is 6.03. The predicted molar refractivity (Wildman–Crippen MR) is 84.5 cm³/mol. The molecule has 22 heavy (non-hydrogen) atoms. The van der Waals surface area contributed by atoms with Crippen molar-refractivity contribution >= 4 is 23.0 Å². The van der Waals surface area contributed by atoms with Gasteiger partial charge in [0, 0.05) is 28.9 Å². The normalized spacial score (nSPS) is 16.8. The van der Waals surface area contributed by atoms with E-state index in [1.807, 2.05) is 38.1 Å². The molecule has 0 aliphatic carbocycles. The van der Waals surface area contributed by atoms with Crippen LogP contribution in [0, 0.1) is 5.41 Å². The molecule has 4 heteroatoms. The Morgan fingerprint density at radius 2 is 2.14 bits per heavy atom. The zero-order chi connectivity index (χ0) is 15.6. The van der Waals surface area contributed by atoms with Gasteiger partial charge in [0.1, 0.15) is 18.0 Å². The number of hydrogen-bond acceptors (Lipinski definition) is 4. The van der Waals surface area contributed by atoms with Crippen LogP contribution in [0.25, 0.3) is 17.0 Å². The van der Waals surface area contributed by atoms with Crippen molar-refractivity contribution in [3.05, 3.63) is 41.7 Å². The zero-order valence-corrected chi connectivity index (χ0v) is 12.9. The lowest BCUT2D eigenvalue weighted by Gasteiger charge is -2.36. The molecule has 1 aromatic heterocycles. The van der Waals surface area contributed by atoms with Gasteiger partial charge in [-0.1, -0.05) is 32.0 Å². The fourth-order valence-corrected chi connectivity index (χ4v) is 2.54. The van der Waals surface area contributed by atoms with Crippen LogP contribution in [0.5, 0.6) is 0 Å². The van der Waals surface area contributed by atoms with Gasteiger partial charge in [-0.2, -0.15) is 0 Å². The van der Waals surface area contributed by atoms with Crippen molar-refractivity contribution in [3.8, 4) is 0 Å². The largest absolute Gasteiger partial charge is 0.462 e. The third kappa shape index (κ3) is 2.92. The Kier molecular flexibility index (Phi) is 4.03. The van der Waals surface area contributed by atoms with E-state index < -0.39 is 0 Å². The van der Waals surface area contributed by atoms with Gasteiger partial charge in [0.15, 0.2) is 0 Å². The van der Waals surface area contributed by atoms with Crippen molar-refractivity contribution in [1.82, 2.24) is 0 Å². The lowest BCUT2D eigenvalue weighted by Crippen LogP contribution is -2.43. The highest BCUT2D eigenvalue weighted by Crippen LogP contribution is 2.28. The third-order valence-electron chi connectivity index (χ3n) is 3.88. The highest BCUT2D eigenvalue weighted by Gasteiger charge is 2.34. The van der Waals surface area contributed by atoms with Crippen LogP contribution in [0.1, 0.15) is 25.2 Å². The topological polar surface area (TPSA) is 48.7 Å². The number of hydrogen-bond donors (Lipinski definition) is 0. The van der Waals surface area contributed by atoms with E-state index in [9.17, 15) is 4.79 Å². The number of esters is 1. The number of fused-ring (bicyclic) bond motifs is 1. The molecule has 1 aromatic carbocycles. The quantitative estimate of drug-likeness (QED) is 0.625. The fraction of sp³-hybridized carbons (Fsp3) is 0.389. The summed E-state index contributed by atoms with van der Waals surface area (Å²) in [5, 5.41) is 1.02. The maximum atomic E-state index is 11.9. The van der Waals surface area contributed by atoms with E-state index in [1.165, 1.54) is 6.08 Å². The first kappa shape index (κ1) is 14.9. The fourth-order valence-electron chi connectivity index (χ4n) is 2.54. The van der Waals surface area contributed by atoms with Gasteiger partial charge in [-0.3, -0.25) is 0 Å². The molecule has 0 amide bonds. The van der Waals surface area contributed by atoms with Gasteiger partial charge >= 0.3 is 5.97 Å². The van der Waals surface area contributed by atoms with Gasteiger partial charge in [0.05, 0.1) is 13.2 Å². The molecule has 0 unspecified atom stereocenters. The molecular formula is C18H20O4. The van der Waals surface area contributed by atoms with Crippen LogP contribution >= 0.6 is 0 Å². The van der Waals surface area contributed by atoms with E-state index in [4.69, 9.17) is 13.9 Å². The van der Waals surface area contributed by atoms with E-state index >= 15 is 0 Å². The highest BCUT2D eigenvalue weighted by atomic mass is 16.5. The Morgan fingerprint density at radius 1 is 1.36 bits per heavy atom. The molecule has 2 heterocycles. The summed E-state index contributed by atoms with van der Waals surface area (Å²) in [7, 11) is 0. The molecule has 0 spiro atoms. The molecule has 1 aliphatic rings. The average Bonchev–Trinajstić information content (AvgIpc) is 2.86. The van der Waals surface area contributed by atoms with Crippen molar-refractivity contribution in [2.75, 3.05) is 19.8 Å². The van der Waals surface area contributed by atoms with Gasteiger partial charge in [0.2, 0.25) is 0 Å². The Balaban J connectivity index is 1.73. The summed E-state index contributed by atoms with van der Waals surface area (Å²) in [6.45, 7) is 5.77. The molecule has 116 valence electrons. The van der Waals surface area contributed by atoms with Crippen molar-refractivity contribution in [2.45, 2.75) is 20.3 Å². The summed E-state index contributed by atoms with van der Waals surface area (Å²) < 4.78 is 16.2. The van der Waals surface area contributed by atoms with Gasteiger partial charge in [-0.05, 0) is 12.1 Å². The van der Waals surface area contributed by atoms with E-state index in [-0.39, 0.29) is 11.4 Å². The van der Waals surface area contributed by atoms with Crippen molar-refractivity contribution in [2.24, 2.45) is 5.41 Å². The summed E-state index contributed by atoms with van der Waals surface area (Å²) in [6, 6.07) is 7.83. The lowest BCUT2D eigenvalue weighted by atomic mass is 9.90. The number of furan rings is 1. The molecule has 0 atom stereocenters.